The summed E-state index contributed by atoms with van der Waals surface area (Å²) in [4.78, 5) is 0. The zero-order chi connectivity index (χ0) is 25.3. The third-order valence-electron chi connectivity index (χ3n) is 6.08. The van der Waals surface area contributed by atoms with Crippen molar-refractivity contribution in [3.8, 4) is 0 Å². The number of ether oxygens (including phenoxy) is 5. The van der Waals surface area contributed by atoms with E-state index in [4.69, 9.17) is 23.7 Å². The van der Waals surface area contributed by atoms with Crippen molar-refractivity contribution in [3.05, 3.63) is 0 Å². The maximum atomic E-state index is 10.6. The summed E-state index contributed by atoms with van der Waals surface area (Å²) in [7, 11) is 0. The molecule has 15 atom stereocenters. The zero-order valence-corrected chi connectivity index (χ0v) is 17.7. The molecule has 0 amide bonds. The van der Waals surface area contributed by atoms with Crippen LogP contribution in [0.5, 0.6) is 0 Å². The second-order valence-electron chi connectivity index (χ2n) is 8.34. The van der Waals surface area contributed by atoms with Crippen LogP contribution < -0.4 is 0 Å². The molecular weight excluding hydrogens is 472 g/mol. The summed E-state index contributed by atoms with van der Waals surface area (Å²) in [5.74, 6) is 0. The number of aliphatic hydroxyl groups excluding tert-OH is 11. The number of aliphatic hydroxyl groups is 11. The van der Waals surface area contributed by atoms with Crippen LogP contribution in [-0.2, 0) is 23.7 Å². The van der Waals surface area contributed by atoms with Gasteiger partial charge in [0.15, 0.2) is 18.9 Å². The first-order chi connectivity index (χ1) is 16.0. The fourth-order valence-electron chi connectivity index (χ4n) is 3.96. The van der Waals surface area contributed by atoms with Gasteiger partial charge >= 0.3 is 0 Å². The van der Waals surface area contributed by atoms with Crippen molar-refractivity contribution in [2.75, 3.05) is 19.8 Å². The Kier molecular flexibility index (Phi) is 9.54. The Bertz CT molecular complexity index is 637. The molecule has 0 bridgehead atoms. The van der Waals surface area contributed by atoms with Gasteiger partial charge in [0.05, 0.1) is 19.8 Å². The highest BCUT2D eigenvalue weighted by Crippen LogP contribution is 2.32. The van der Waals surface area contributed by atoms with E-state index in [-0.39, 0.29) is 0 Å². The van der Waals surface area contributed by atoms with Gasteiger partial charge in [-0.15, -0.1) is 0 Å². The van der Waals surface area contributed by atoms with Crippen molar-refractivity contribution in [1.29, 1.82) is 0 Å². The first-order valence-electron chi connectivity index (χ1n) is 10.6. The van der Waals surface area contributed by atoms with E-state index < -0.39 is 112 Å². The van der Waals surface area contributed by atoms with E-state index >= 15 is 0 Å². The molecule has 3 heterocycles. The van der Waals surface area contributed by atoms with Crippen LogP contribution in [-0.4, -0.2) is 168 Å². The SMILES string of the molecule is OC[C@H]1OC(OC2O[C@H](CO)[C@H](O)[C@H](O)[C@H]2OC2O[C@H](CO)[C@H](O)[C@H](O)[C@H]2O)[C@H](O)[C@@H](O)[C@H]1O. The molecule has 200 valence electrons. The molecule has 11 N–H and O–H groups in total. The van der Waals surface area contributed by atoms with E-state index in [0.717, 1.165) is 0 Å². The van der Waals surface area contributed by atoms with Crippen molar-refractivity contribution in [2.24, 2.45) is 0 Å². The lowest BCUT2D eigenvalue weighted by molar-refractivity contribution is -0.401. The van der Waals surface area contributed by atoms with Gasteiger partial charge < -0.3 is 79.9 Å². The lowest BCUT2D eigenvalue weighted by Gasteiger charge is -2.47. The van der Waals surface area contributed by atoms with Crippen LogP contribution in [0.4, 0.5) is 0 Å². The average molecular weight is 504 g/mol. The average Bonchev–Trinajstić information content (AvgIpc) is 2.83. The minimum Gasteiger partial charge on any atom is -0.394 e. The first-order valence-corrected chi connectivity index (χ1v) is 10.6. The molecular formula is C18H32O16. The molecule has 3 fully saturated rings. The second kappa shape index (κ2) is 11.6. The molecule has 16 heteroatoms. The summed E-state index contributed by atoms with van der Waals surface area (Å²) in [5.41, 5.74) is 0. The summed E-state index contributed by atoms with van der Waals surface area (Å²) in [5, 5.41) is 109. The van der Waals surface area contributed by atoms with Crippen LogP contribution in [0.1, 0.15) is 0 Å². The van der Waals surface area contributed by atoms with E-state index in [1.807, 2.05) is 0 Å². The van der Waals surface area contributed by atoms with Crippen LogP contribution in [0, 0.1) is 0 Å². The molecule has 0 aromatic carbocycles. The number of rotatable bonds is 7. The summed E-state index contributed by atoms with van der Waals surface area (Å²) < 4.78 is 26.8. The minimum absolute atomic E-state index is 0.762. The van der Waals surface area contributed by atoms with Crippen molar-refractivity contribution in [2.45, 2.75) is 92.1 Å². The fourth-order valence-corrected chi connectivity index (χ4v) is 3.96. The Morgan fingerprint density at radius 2 is 0.765 bits per heavy atom. The van der Waals surface area contributed by atoms with Gasteiger partial charge in [-0.25, -0.2) is 0 Å². The lowest BCUT2D eigenvalue weighted by Crippen LogP contribution is -2.66. The van der Waals surface area contributed by atoms with Gasteiger partial charge in [0, 0.05) is 0 Å². The molecule has 0 aromatic heterocycles. The van der Waals surface area contributed by atoms with Gasteiger partial charge in [-0.3, -0.25) is 0 Å². The molecule has 16 nitrogen and oxygen atoms in total. The minimum atomic E-state index is -1.88. The van der Waals surface area contributed by atoms with Crippen LogP contribution in [0.15, 0.2) is 0 Å². The number of hydrogen-bond acceptors (Lipinski definition) is 16. The predicted molar refractivity (Wildman–Crippen MR) is 101 cm³/mol. The quantitative estimate of drug-likeness (QED) is 0.154. The number of hydrogen-bond donors (Lipinski definition) is 11. The molecule has 34 heavy (non-hydrogen) atoms. The van der Waals surface area contributed by atoms with Gasteiger partial charge in [-0.05, 0) is 0 Å². The predicted octanol–water partition coefficient (Wildman–Crippen LogP) is -7.57. The Morgan fingerprint density at radius 3 is 1.18 bits per heavy atom. The molecule has 3 unspecified atom stereocenters. The van der Waals surface area contributed by atoms with Crippen LogP contribution >= 0.6 is 0 Å². The Balaban J connectivity index is 1.81. The monoisotopic (exact) mass is 504 g/mol. The third kappa shape index (κ3) is 5.37. The van der Waals surface area contributed by atoms with E-state index in [2.05, 4.69) is 0 Å². The van der Waals surface area contributed by atoms with Crippen LogP contribution in [0.2, 0.25) is 0 Å². The maximum absolute atomic E-state index is 10.6. The molecule has 0 spiro atoms. The molecule has 0 aliphatic carbocycles. The molecule has 0 radical (unpaired) electrons. The van der Waals surface area contributed by atoms with E-state index in [9.17, 15) is 56.2 Å². The normalized spacial score (nSPS) is 52.5. The van der Waals surface area contributed by atoms with E-state index in [1.165, 1.54) is 0 Å². The smallest absolute Gasteiger partial charge is 0.190 e. The fraction of sp³-hybridized carbons (Fsp3) is 1.00. The van der Waals surface area contributed by atoms with Crippen molar-refractivity contribution >= 4 is 0 Å². The highest BCUT2D eigenvalue weighted by molar-refractivity contribution is 4.95. The highest BCUT2D eigenvalue weighted by atomic mass is 16.8. The molecule has 3 aliphatic rings. The topological polar surface area (TPSA) is 269 Å². The largest absolute Gasteiger partial charge is 0.394 e. The molecule has 3 aliphatic heterocycles. The summed E-state index contributed by atoms with van der Waals surface area (Å²) >= 11 is 0. The van der Waals surface area contributed by atoms with E-state index in [0.29, 0.717) is 0 Å². The Morgan fingerprint density at radius 1 is 0.412 bits per heavy atom. The van der Waals surface area contributed by atoms with Gasteiger partial charge in [0.25, 0.3) is 0 Å². The van der Waals surface area contributed by atoms with Crippen molar-refractivity contribution in [1.82, 2.24) is 0 Å². The lowest BCUT2D eigenvalue weighted by atomic mass is 9.97. The molecule has 0 aromatic rings. The molecule has 3 rings (SSSR count). The summed E-state index contributed by atoms with van der Waals surface area (Å²) in [6, 6.07) is 0. The van der Waals surface area contributed by atoms with E-state index in [1.54, 1.807) is 0 Å². The summed E-state index contributed by atoms with van der Waals surface area (Å²) in [6.45, 7) is -2.32. The Hall–Kier alpha value is -0.640. The highest BCUT2D eigenvalue weighted by Gasteiger charge is 2.53. The van der Waals surface area contributed by atoms with Gasteiger partial charge in [0.1, 0.15) is 73.2 Å². The van der Waals surface area contributed by atoms with Crippen molar-refractivity contribution in [3.63, 3.8) is 0 Å². The molecule has 0 saturated carbocycles. The second-order valence-corrected chi connectivity index (χ2v) is 8.34. The molecule has 3 saturated heterocycles. The van der Waals surface area contributed by atoms with Gasteiger partial charge in [-0.2, -0.15) is 0 Å². The van der Waals surface area contributed by atoms with Gasteiger partial charge in [-0.1, -0.05) is 0 Å². The van der Waals surface area contributed by atoms with Crippen LogP contribution in [0.3, 0.4) is 0 Å². The standard InChI is InChI=1S/C18H32O16/c19-1-4-7(22)10(25)13(28)16(30-4)33-15-12(27)9(24)6(3-21)32-18(15)34-17-14(29)11(26)8(23)5(2-20)31-17/h4-29H,1-3H2/t4-,5-,6-,7+,8+,9+,10+,11+,12+,13-,14-,15-,16?,17?,18?/m1/s1. The first kappa shape index (κ1) is 27.9. The van der Waals surface area contributed by atoms with Crippen LogP contribution in [0.25, 0.3) is 0 Å². The Labute approximate surface area is 192 Å². The van der Waals surface area contributed by atoms with Crippen molar-refractivity contribution < 1.29 is 79.9 Å². The zero-order valence-electron chi connectivity index (χ0n) is 17.7. The summed E-state index contributed by atoms with van der Waals surface area (Å²) in [6.07, 6.45) is -25.6. The third-order valence-corrected chi connectivity index (χ3v) is 6.08. The van der Waals surface area contributed by atoms with Gasteiger partial charge in [0.2, 0.25) is 0 Å². The maximum Gasteiger partial charge on any atom is 0.190 e.